The van der Waals surface area contributed by atoms with Gasteiger partial charge in [0.1, 0.15) is 12.3 Å². The fourth-order valence-electron chi connectivity index (χ4n) is 2.83. The van der Waals surface area contributed by atoms with Crippen molar-refractivity contribution in [1.82, 2.24) is 5.32 Å². The van der Waals surface area contributed by atoms with E-state index in [9.17, 15) is 14.7 Å². The molecule has 164 valence electrons. The van der Waals surface area contributed by atoms with Crippen molar-refractivity contribution in [3.8, 4) is 11.5 Å². The lowest BCUT2D eigenvalue weighted by atomic mass is 10.1. The minimum atomic E-state index is -1.26. The Hall–Kier alpha value is -2.85. The predicted molar refractivity (Wildman–Crippen MR) is 134 cm³/mol. The van der Waals surface area contributed by atoms with Crippen LogP contribution in [0.5, 0.6) is 11.5 Å². The van der Waals surface area contributed by atoms with Gasteiger partial charge in [-0.05, 0) is 80.5 Å². The normalized spacial score (nSPS) is 11.0. The molecule has 0 aromatic heterocycles. The smallest absolute Gasteiger partial charge is 0.352 e. The van der Waals surface area contributed by atoms with Gasteiger partial charge in [-0.3, -0.25) is 4.79 Å². The van der Waals surface area contributed by atoms with Crippen LogP contribution in [0.15, 0.2) is 76.9 Å². The lowest BCUT2D eigenvalue weighted by Gasteiger charge is -2.14. The second kappa shape index (κ2) is 11.1. The number of carboxylic acid groups (broad SMARTS) is 1. The van der Waals surface area contributed by atoms with E-state index >= 15 is 0 Å². The quantitative estimate of drug-likeness (QED) is 0.261. The summed E-state index contributed by atoms with van der Waals surface area (Å²) in [6, 6.07) is 19.6. The van der Waals surface area contributed by atoms with Gasteiger partial charge >= 0.3 is 5.97 Å². The summed E-state index contributed by atoms with van der Waals surface area (Å²) in [7, 11) is 1.50. The van der Waals surface area contributed by atoms with Gasteiger partial charge in [-0.15, -0.1) is 0 Å². The summed E-state index contributed by atoms with van der Waals surface area (Å²) in [4.78, 5) is 24.1. The van der Waals surface area contributed by atoms with E-state index in [0.29, 0.717) is 33.7 Å². The molecule has 0 aliphatic heterocycles. The molecule has 8 heteroatoms. The monoisotopic (exact) mass is 607 g/mol. The number of carboxylic acids is 1. The highest BCUT2D eigenvalue weighted by atomic mass is 127. The fraction of sp³-hybridized carbons (Fsp3) is 0.0833. The van der Waals surface area contributed by atoms with E-state index < -0.39 is 11.9 Å². The number of ether oxygens (including phenoxy) is 2. The number of aliphatic carboxylic acids is 1. The SMILES string of the molecule is COc1cc(/C=C(/NC(=O)c2ccccc2)C(=O)O)cc(Br)c1OCc1ccccc1I. The minimum absolute atomic E-state index is 0.264. The number of methoxy groups -OCH3 is 1. The Kier molecular flexibility index (Phi) is 8.29. The second-order valence-corrected chi connectivity index (χ2v) is 8.61. The number of amides is 1. The van der Waals surface area contributed by atoms with Gasteiger partial charge in [-0.2, -0.15) is 0 Å². The lowest BCUT2D eigenvalue weighted by Crippen LogP contribution is -2.27. The number of benzene rings is 3. The first-order valence-electron chi connectivity index (χ1n) is 9.44. The van der Waals surface area contributed by atoms with Crippen LogP contribution >= 0.6 is 38.5 Å². The third kappa shape index (κ3) is 6.10. The van der Waals surface area contributed by atoms with Crippen LogP contribution in [0, 0.1) is 3.57 Å². The summed E-state index contributed by atoms with van der Waals surface area (Å²) in [5, 5.41) is 12.0. The largest absolute Gasteiger partial charge is 0.493 e. The van der Waals surface area contributed by atoms with Crippen molar-refractivity contribution >= 4 is 56.5 Å². The number of carbonyl (C=O) groups excluding carboxylic acids is 1. The molecule has 1 amide bonds. The molecule has 2 N–H and O–H groups in total. The molecular formula is C24H19BrINO5. The maximum atomic E-state index is 12.4. The summed E-state index contributed by atoms with van der Waals surface area (Å²) in [5.74, 6) is -0.851. The van der Waals surface area contributed by atoms with Crippen molar-refractivity contribution < 1.29 is 24.2 Å². The molecule has 3 aromatic carbocycles. The highest BCUT2D eigenvalue weighted by Gasteiger charge is 2.16. The lowest BCUT2D eigenvalue weighted by molar-refractivity contribution is -0.132. The number of hydrogen-bond acceptors (Lipinski definition) is 4. The Balaban J connectivity index is 1.85. The molecule has 0 saturated carbocycles. The Morgan fingerprint density at radius 1 is 1.09 bits per heavy atom. The van der Waals surface area contributed by atoms with Crippen molar-refractivity contribution in [3.05, 3.63) is 97.2 Å². The van der Waals surface area contributed by atoms with Crippen molar-refractivity contribution in [1.29, 1.82) is 0 Å². The molecule has 3 aromatic rings. The summed E-state index contributed by atoms with van der Waals surface area (Å²) < 4.78 is 13.1. The van der Waals surface area contributed by atoms with E-state index in [4.69, 9.17) is 9.47 Å². The maximum Gasteiger partial charge on any atom is 0.352 e. The Labute approximate surface area is 207 Å². The fourth-order valence-corrected chi connectivity index (χ4v) is 3.95. The first kappa shape index (κ1) is 23.8. The van der Waals surface area contributed by atoms with Gasteiger partial charge in [0.15, 0.2) is 11.5 Å². The molecule has 6 nitrogen and oxygen atoms in total. The van der Waals surface area contributed by atoms with E-state index in [1.807, 2.05) is 24.3 Å². The number of nitrogens with one attached hydrogen (secondary N) is 1. The average molecular weight is 608 g/mol. The first-order valence-corrected chi connectivity index (χ1v) is 11.3. The Morgan fingerprint density at radius 3 is 2.44 bits per heavy atom. The molecule has 0 atom stereocenters. The van der Waals surface area contributed by atoms with Gasteiger partial charge < -0.3 is 19.9 Å². The van der Waals surface area contributed by atoms with Crippen LogP contribution in [0.4, 0.5) is 0 Å². The Bertz CT molecular complexity index is 1160. The first-order chi connectivity index (χ1) is 15.4. The van der Waals surface area contributed by atoms with Gasteiger partial charge in [0.2, 0.25) is 0 Å². The molecule has 0 fully saturated rings. The van der Waals surface area contributed by atoms with E-state index in [-0.39, 0.29) is 5.70 Å². The predicted octanol–water partition coefficient (Wildman–Crippen LogP) is 5.50. The molecule has 0 aliphatic rings. The molecule has 0 heterocycles. The molecule has 0 radical (unpaired) electrons. The number of carbonyl (C=O) groups is 2. The number of halogens is 2. The van der Waals surface area contributed by atoms with Crippen LogP contribution in [-0.4, -0.2) is 24.1 Å². The van der Waals surface area contributed by atoms with E-state index in [1.54, 1.807) is 42.5 Å². The number of hydrogen-bond donors (Lipinski definition) is 2. The average Bonchev–Trinajstić information content (AvgIpc) is 2.79. The second-order valence-electron chi connectivity index (χ2n) is 6.60. The molecule has 3 rings (SSSR count). The molecule has 0 saturated heterocycles. The summed E-state index contributed by atoms with van der Waals surface area (Å²) >= 11 is 5.72. The minimum Gasteiger partial charge on any atom is -0.493 e. The summed E-state index contributed by atoms with van der Waals surface area (Å²) in [6.07, 6.45) is 1.36. The van der Waals surface area contributed by atoms with Gasteiger partial charge in [0, 0.05) is 14.7 Å². The summed E-state index contributed by atoms with van der Waals surface area (Å²) in [6.45, 7) is 0.344. The van der Waals surface area contributed by atoms with E-state index in [0.717, 1.165) is 9.13 Å². The van der Waals surface area contributed by atoms with Crippen molar-refractivity contribution in [2.45, 2.75) is 6.61 Å². The van der Waals surface area contributed by atoms with Crippen LogP contribution in [-0.2, 0) is 11.4 Å². The molecule has 0 bridgehead atoms. The third-order valence-electron chi connectivity index (χ3n) is 4.41. The van der Waals surface area contributed by atoms with Crippen LogP contribution in [0.3, 0.4) is 0 Å². The maximum absolute atomic E-state index is 12.4. The van der Waals surface area contributed by atoms with Crippen LogP contribution in [0.25, 0.3) is 6.08 Å². The molecular weight excluding hydrogens is 589 g/mol. The van der Waals surface area contributed by atoms with Gasteiger partial charge in [0.05, 0.1) is 11.6 Å². The molecule has 32 heavy (non-hydrogen) atoms. The van der Waals surface area contributed by atoms with Crippen molar-refractivity contribution in [2.75, 3.05) is 7.11 Å². The Morgan fingerprint density at radius 2 is 1.78 bits per heavy atom. The third-order valence-corrected chi connectivity index (χ3v) is 6.05. The molecule has 0 unspecified atom stereocenters. The highest BCUT2D eigenvalue weighted by molar-refractivity contribution is 14.1. The zero-order valence-corrected chi connectivity index (χ0v) is 20.7. The topological polar surface area (TPSA) is 84.9 Å². The number of rotatable bonds is 8. The van der Waals surface area contributed by atoms with Gasteiger partial charge in [-0.25, -0.2) is 4.79 Å². The standard InChI is InChI=1S/C24H19BrINO5/c1-31-21-13-15(11-18(25)22(21)32-14-17-9-5-6-10-19(17)26)12-20(24(29)30)27-23(28)16-7-3-2-4-8-16/h2-13H,14H2,1H3,(H,27,28)(H,29,30)/b20-12+. The van der Waals surface area contributed by atoms with Crippen molar-refractivity contribution in [3.63, 3.8) is 0 Å². The summed E-state index contributed by atoms with van der Waals surface area (Å²) in [5.41, 5.74) is 1.64. The van der Waals surface area contributed by atoms with Crippen LogP contribution < -0.4 is 14.8 Å². The molecule has 0 spiro atoms. The van der Waals surface area contributed by atoms with Gasteiger partial charge in [-0.1, -0.05) is 36.4 Å². The van der Waals surface area contributed by atoms with Gasteiger partial charge in [0.25, 0.3) is 5.91 Å². The van der Waals surface area contributed by atoms with Crippen LogP contribution in [0.2, 0.25) is 0 Å². The zero-order valence-electron chi connectivity index (χ0n) is 17.0. The van der Waals surface area contributed by atoms with Crippen molar-refractivity contribution in [2.24, 2.45) is 0 Å². The highest BCUT2D eigenvalue weighted by Crippen LogP contribution is 2.38. The van der Waals surface area contributed by atoms with E-state index in [1.165, 1.54) is 13.2 Å². The van der Waals surface area contributed by atoms with E-state index in [2.05, 4.69) is 43.8 Å². The zero-order chi connectivity index (χ0) is 23.1. The van der Waals surface area contributed by atoms with Crippen LogP contribution in [0.1, 0.15) is 21.5 Å². The molecule has 0 aliphatic carbocycles.